The molecule has 0 radical (unpaired) electrons. The summed E-state index contributed by atoms with van der Waals surface area (Å²) >= 11 is 0. The van der Waals surface area contributed by atoms with E-state index in [0.29, 0.717) is 11.5 Å². The van der Waals surface area contributed by atoms with Crippen LogP contribution in [0.1, 0.15) is 18.9 Å². The minimum absolute atomic E-state index is 0.550. The van der Waals surface area contributed by atoms with Crippen molar-refractivity contribution in [2.45, 2.75) is 25.9 Å². The summed E-state index contributed by atoms with van der Waals surface area (Å²) in [5.41, 5.74) is 1.78. The van der Waals surface area contributed by atoms with Gasteiger partial charge >= 0.3 is 7.12 Å². The molecule has 1 fully saturated rings. The number of nitrogens with zero attached hydrogens (tertiary/aromatic N) is 2. The van der Waals surface area contributed by atoms with Gasteiger partial charge in [-0.25, -0.2) is 0 Å². The summed E-state index contributed by atoms with van der Waals surface area (Å²) in [5, 5.41) is 18.1. The molecule has 0 spiro atoms. The van der Waals surface area contributed by atoms with Crippen LogP contribution in [-0.2, 0) is 6.54 Å². The van der Waals surface area contributed by atoms with Crippen molar-refractivity contribution in [1.82, 2.24) is 9.80 Å². The highest BCUT2D eigenvalue weighted by atomic mass is 16.4. The Kier molecular flexibility index (Phi) is 4.99. The van der Waals surface area contributed by atoms with Gasteiger partial charge in [0, 0.05) is 32.2 Å². The Morgan fingerprint density at radius 1 is 1.21 bits per heavy atom. The van der Waals surface area contributed by atoms with Gasteiger partial charge in [0.25, 0.3) is 0 Å². The third-order valence-electron chi connectivity index (χ3n) is 4.02. The Hall–Kier alpha value is -0.875. The van der Waals surface area contributed by atoms with E-state index in [9.17, 15) is 0 Å². The van der Waals surface area contributed by atoms with Crippen LogP contribution < -0.4 is 5.46 Å². The first-order valence-electron chi connectivity index (χ1n) is 6.97. The van der Waals surface area contributed by atoms with Crippen molar-refractivity contribution in [2.75, 3.05) is 26.7 Å². The predicted octanol–water partition coefficient (Wildman–Crippen LogP) is -0.108. The minimum Gasteiger partial charge on any atom is -0.423 e. The topological polar surface area (TPSA) is 46.9 Å². The van der Waals surface area contributed by atoms with Crippen molar-refractivity contribution in [3.05, 3.63) is 29.8 Å². The Labute approximate surface area is 115 Å². The fourth-order valence-corrected chi connectivity index (χ4v) is 2.65. The number of hydrogen-bond donors (Lipinski definition) is 2. The highest BCUT2D eigenvalue weighted by molar-refractivity contribution is 6.58. The van der Waals surface area contributed by atoms with Gasteiger partial charge in [0.1, 0.15) is 0 Å². The fourth-order valence-electron chi connectivity index (χ4n) is 2.65. The minimum atomic E-state index is -1.37. The second-order valence-electron chi connectivity index (χ2n) is 5.39. The van der Waals surface area contributed by atoms with E-state index in [1.54, 1.807) is 12.1 Å². The van der Waals surface area contributed by atoms with Crippen molar-refractivity contribution in [3.8, 4) is 0 Å². The molecule has 5 heteroatoms. The number of likely N-dealkylation sites (N-methyl/N-ethyl adjacent to an activating group) is 1. The maximum atomic E-state index is 9.07. The molecular formula is C14H23BN2O2. The van der Waals surface area contributed by atoms with Gasteiger partial charge in [-0.1, -0.05) is 31.2 Å². The molecule has 0 amide bonds. The van der Waals surface area contributed by atoms with Crippen LogP contribution in [0.5, 0.6) is 0 Å². The van der Waals surface area contributed by atoms with Crippen LogP contribution in [0.25, 0.3) is 0 Å². The first-order chi connectivity index (χ1) is 9.10. The van der Waals surface area contributed by atoms with Crippen molar-refractivity contribution in [2.24, 2.45) is 0 Å². The molecule has 1 aliphatic rings. The lowest BCUT2D eigenvalue weighted by atomic mass is 9.80. The third kappa shape index (κ3) is 3.80. The van der Waals surface area contributed by atoms with E-state index in [1.165, 1.54) is 12.0 Å². The van der Waals surface area contributed by atoms with Gasteiger partial charge in [0.15, 0.2) is 0 Å². The molecule has 1 aliphatic heterocycles. The zero-order valence-electron chi connectivity index (χ0n) is 11.8. The SMILES string of the molecule is CCC1CN(Cc2ccc(B(O)O)cc2)CCN1C. The smallest absolute Gasteiger partial charge is 0.423 e. The first-order valence-corrected chi connectivity index (χ1v) is 6.97. The zero-order chi connectivity index (χ0) is 13.8. The highest BCUT2D eigenvalue weighted by Gasteiger charge is 2.22. The number of hydrogen-bond acceptors (Lipinski definition) is 4. The van der Waals surface area contributed by atoms with Gasteiger partial charge in [-0.05, 0) is 24.5 Å². The molecule has 4 nitrogen and oxygen atoms in total. The number of rotatable bonds is 4. The second kappa shape index (κ2) is 6.52. The molecular weight excluding hydrogens is 239 g/mol. The monoisotopic (exact) mass is 262 g/mol. The molecule has 2 rings (SSSR count). The molecule has 19 heavy (non-hydrogen) atoms. The lowest BCUT2D eigenvalue weighted by Crippen LogP contribution is -2.50. The Morgan fingerprint density at radius 2 is 1.89 bits per heavy atom. The second-order valence-corrected chi connectivity index (χ2v) is 5.39. The van der Waals surface area contributed by atoms with Crippen LogP contribution in [0.3, 0.4) is 0 Å². The third-order valence-corrected chi connectivity index (χ3v) is 4.02. The van der Waals surface area contributed by atoms with E-state index in [1.807, 2.05) is 12.1 Å². The van der Waals surface area contributed by atoms with Crippen LogP contribution >= 0.6 is 0 Å². The summed E-state index contributed by atoms with van der Waals surface area (Å²) in [7, 11) is 0.824. The molecule has 0 aromatic heterocycles. The summed E-state index contributed by atoms with van der Waals surface area (Å²) in [6, 6.07) is 8.18. The van der Waals surface area contributed by atoms with Crippen molar-refractivity contribution >= 4 is 12.6 Å². The van der Waals surface area contributed by atoms with Gasteiger partial charge in [0.2, 0.25) is 0 Å². The Bertz CT molecular complexity index is 397. The largest absolute Gasteiger partial charge is 0.488 e. The van der Waals surface area contributed by atoms with Crippen LogP contribution in [0.15, 0.2) is 24.3 Å². The molecule has 1 unspecified atom stereocenters. The predicted molar refractivity (Wildman–Crippen MR) is 78.3 cm³/mol. The van der Waals surface area contributed by atoms with Gasteiger partial charge in [-0.15, -0.1) is 0 Å². The zero-order valence-corrected chi connectivity index (χ0v) is 11.8. The average Bonchev–Trinajstić information content (AvgIpc) is 2.41. The van der Waals surface area contributed by atoms with Gasteiger partial charge < -0.3 is 14.9 Å². The molecule has 1 aromatic rings. The molecule has 1 saturated heterocycles. The molecule has 0 aliphatic carbocycles. The van der Waals surface area contributed by atoms with Crippen molar-refractivity contribution in [1.29, 1.82) is 0 Å². The van der Waals surface area contributed by atoms with Crippen LogP contribution in [-0.4, -0.2) is 59.7 Å². The fraction of sp³-hybridized carbons (Fsp3) is 0.571. The molecule has 1 aromatic carbocycles. The number of piperazine rings is 1. The van der Waals surface area contributed by atoms with E-state index in [-0.39, 0.29) is 0 Å². The number of benzene rings is 1. The molecule has 104 valence electrons. The quantitative estimate of drug-likeness (QED) is 0.743. The standard InChI is InChI=1S/C14H23BN2O2/c1-3-14-11-17(9-8-16(14)2)10-12-4-6-13(7-5-12)15(18)19/h4-7,14,18-19H,3,8-11H2,1-2H3. The molecule has 2 N–H and O–H groups in total. The van der Waals surface area contributed by atoms with Crippen LogP contribution in [0.2, 0.25) is 0 Å². The van der Waals surface area contributed by atoms with Crippen molar-refractivity contribution in [3.63, 3.8) is 0 Å². The Morgan fingerprint density at radius 3 is 2.47 bits per heavy atom. The Balaban J connectivity index is 1.94. The van der Waals surface area contributed by atoms with Crippen molar-refractivity contribution < 1.29 is 10.0 Å². The van der Waals surface area contributed by atoms with E-state index < -0.39 is 7.12 Å². The maximum absolute atomic E-state index is 9.07. The van der Waals surface area contributed by atoms with Gasteiger partial charge in [-0.2, -0.15) is 0 Å². The summed E-state index contributed by atoms with van der Waals surface area (Å²) in [6.45, 7) is 6.49. The summed E-state index contributed by atoms with van der Waals surface area (Å²) in [5.74, 6) is 0. The molecule has 0 saturated carbocycles. The average molecular weight is 262 g/mol. The van der Waals surface area contributed by atoms with E-state index in [4.69, 9.17) is 10.0 Å². The lowest BCUT2D eigenvalue weighted by molar-refractivity contribution is 0.0884. The summed E-state index contributed by atoms with van der Waals surface area (Å²) in [6.07, 6.45) is 1.18. The van der Waals surface area contributed by atoms with Gasteiger partial charge in [-0.3, -0.25) is 4.90 Å². The van der Waals surface area contributed by atoms with E-state index in [0.717, 1.165) is 26.2 Å². The van der Waals surface area contributed by atoms with E-state index in [2.05, 4.69) is 23.8 Å². The lowest BCUT2D eigenvalue weighted by Gasteiger charge is -2.39. The maximum Gasteiger partial charge on any atom is 0.488 e. The first kappa shape index (κ1) is 14.5. The van der Waals surface area contributed by atoms with E-state index >= 15 is 0 Å². The van der Waals surface area contributed by atoms with Gasteiger partial charge in [0.05, 0.1) is 0 Å². The van der Waals surface area contributed by atoms with Crippen LogP contribution in [0, 0.1) is 0 Å². The molecule has 0 bridgehead atoms. The summed E-state index contributed by atoms with van der Waals surface area (Å²) < 4.78 is 0. The molecule has 1 atom stereocenters. The normalized spacial score (nSPS) is 21.6. The summed E-state index contributed by atoms with van der Waals surface area (Å²) in [4.78, 5) is 4.90. The molecule has 1 heterocycles. The highest BCUT2D eigenvalue weighted by Crippen LogP contribution is 2.13. The van der Waals surface area contributed by atoms with Crippen LogP contribution in [0.4, 0.5) is 0 Å².